The van der Waals surface area contributed by atoms with Gasteiger partial charge in [-0.15, -0.1) is 0 Å². The van der Waals surface area contributed by atoms with Gasteiger partial charge in [-0.3, -0.25) is 0 Å². The molecule has 0 aliphatic heterocycles. The van der Waals surface area contributed by atoms with E-state index in [1.54, 1.807) is 17.8 Å². The lowest BCUT2D eigenvalue weighted by atomic mass is 10.2. The molecule has 0 bridgehead atoms. The summed E-state index contributed by atoms with van der Waals surface area (Å²) in [6, 6.07) is 12.1. The normalized spacial score (nSPS) is 10.2. The molecular formula is C13H13N3S. The van der Waals surface area contributed by atoms with Crippen LogP contribution in [0.1, 0.15) is 11.3 Å². The van der Waals surface area contributed by atoms with Gasteiger partial charge in [0.05, 0.1) is 5.69 Å². The zero-order valence-corrected chi connectivity index (χ0v) is 10.6. The fraction of sp³-hybridized carbons (Fsp3) is 0.154. The van der Waals surface area contributed by atoms with Gasteiger partial charge < -0.3 is 10.3 Å². The van der Waals surface area contributed by atoms with Crippen molar-refractivity contribution < 1.29 is 0 Å². The van der Waals surface area contributed by atoms with Crippen LogP contribution in [-0.2, 0) is 7.05 Å². The van der Waals surface area contributed by atoms with Crippen molar-refractivity contribution in [1.82, 2.24) is 4.57 Å². The molecule has 0 unspecified atom stereocenters. The molecule has 2 aromatic rings. The number of aromatic nitrogens is 1. The Kier molecular flexibility index (Phi) is 3.12. The molecule has 2 N–H and O–H groups in total. The van der Waals surface area contributed by atoms with Gasteiger partial charge in [-0.2, -0.15) is 5.26 Å². The third-order valence-corrected chi connectivity index (χ3v) is 3.77. The van der Waals surface area contributed by atoms with Gasteiger partial charge in [0.25, 0.3) is 0 Å². The Morgan fingerprint density at radius 1 is 1.29 bits per heavy atom. The molecule has 0 amide bonds. The van der Waals surface area contributed by atoms with E-state index in [2.05, 4.69) is 37.3 Å². The summed E-state index contributed by atoms with van der Waals surface area (Å²) < 4.78 is 1.82. The highest BCUT2D eigenvalue weighted by Gasteiger charge is 2.11. The summed E-state index contributed by atoms with van der Waals surface area (Å²) in [5.74, 6) is 0. The largest absolute Gasteiger partial charge is 0.397 e. The SMILES string of the molecule is Cc1ccc(Sc2c(N)cc(C#N)n2C)cc1. The summed E-state index contributed by atoms with van der Waals surface area (Å²) in [6.07, 6.45) is 0. The van der Waals surface area contributed by atoms with Crippen LogP contribution >= 0.6 is 11.8 Å². The molecule has 1 aromatic carbocycles. The van der Waals surface area contributed by atoms with Gasteiger partial charge in [0.1, 0.15) is 16.8 Å². The number of hydrogen-bond acceptors (Lipinski definition) is 3. The number of rotatable bonds is 2. The van der Waals surface area contributed by atoms with E-state index in [1.807, 2.05) is 11.6 Å². The Morgan fingerprint density at radius 2 is 1.94 bits per heavy atom. The maximum Gasteiger partial charge on any atom is 0.122 e. The van der Waals surface area contributed by atoms with E-state index in [0.717, 1.165) is 9.92 Å². The van der Waals surface area contributed by atoms with Crippen LogP contribution in [0, 0.1) is 18.3 Å². The molecule has 1 heterocycles. The Morgan fingerprint density at radius 3 is 2.47 bits per heavy atom. The average molecular weight is 243 g/mol. The van der Waals surface area contributed by atoms with Gasteiger partial charge >= 0.3 is 0 Å². The van der Waals surface area contributed by atoms with Crippen molar-refractivity contribution in [2.75, 3.05) is 5.73 Å². The summed E-state index contributed by atoms with van der Waals surface area (Å²) in [4.78, 5) is 1.12. The van der Waals surface area contributed by atoms with Crippen molar-refractivity contribution in [3.05, 3.63) is 41.6 Å². The van der Waals surface area contributed by atoms with Crippen molar-refractivity contribution in [3.63, 3.8) is 0 Å². The van der Waals surface area contributed by atoms with E-state index in [0.29, 0.717) is 11.4 Å². The van der Waals surface area contributed by atoms with Gasteiger partial charge in [0, 0.05) is 11.9 Å². The second kappa shape index (κ2) is 4.56. The second-order valence-corrected chi connectivity index (χ2v) is 4.94. The lowest BCUT2D eigenvalue weighted by Crippen LogP contribution is -1.94. The van der Waals surface area contributed by atoms with Crippen LogP contribution < -0.4 is 5.73 Å². The molecule has 4 heteroatoms. The molecule has 0 aliphatic rings. The monoisotopic (exact) mass is 243 g/mol. The number of nitrogen functional groups attached to an aromatic ring is 1. The van der Waals surface area contributed by atoms with E-state index in [-0.39, 0.29) is 0 Å². The Hall–Kier alpha value is -1.86. The van der Waals surface area contributed by atoms with Crippen molar-refractivity contribution in [1.29, 1.82) is 5.26 Å². The van der Waals surface area contributed by atoms with Crippen molar-refractivity contribution in [3.8, 4) is 6.07 Å². The summed E-state index contributed by atoms with van der Waals surface area (Å²) in [5, 5.41) is 9.83. The van der Waals surface area contributed by atoms with E-state index in [9.17, 15) is 0 Å². The lowest BCUT2D eigenvalue weighted by Gasteiger charge is -2.05. The molecule has 0 spiro atoms. The zero-order valence-electron chi connectivity index (χ0n) is 9.77. The van der Waals surface area contributed by atoms with Crippen LogP contribution in [0.25, 0.3) is 0 Å². The maximum absolute atomic E-state index is 8.92. The highest BCUT2D eigenvalue weighted by molar-refractivity contribution is 7.99. The van der Waals surface area contributed by atoms with Gasteiger partial charge in [-0.05, 0) is 25.1 Å². The third kappa shape index (κ3) is 2.29. The summed E-state index contributed by atoms with van der Waals surface area (Å²) >= 11 is 1.57. The van der Waals surface area contributed by atoms with E-state index < -0.39 is 0 Å². The first-order chi connectivity index (χ1) is 8.11. The number of anilines is 1. The number of benzene rings is 1. The number of nitrogens with two attached hydrogens (primary N) is 1. The maximum atomic E-state index is 8.92. The molecule has 0 fully saturated rings. The van der Waals surface area contributed by atoms with Gasteiger partial charge in [0.15, 0.2) is 0 Å². The molecule has 0 saturated heterocycles. The quantitative estimate of drug-likeness (QED) is 0.882. The first-order valence-electron chi connectivity index (χ1n) is 5.21. The second-order valence-electron chi connectivity index (χ2n) is 3.88. The first-order valence-corrected chi connectivity index (χ1v) is 6.03. The molecule has 86 valence electrons. The smallest absolute Gasteiger partial charge is 0.122 e. The Labute approximate surface area is 105 Å². The molecule has 0 aliphatic carbocycles. The number of nitriles is 1. The molecule has 2 rings (SSSR count). The fourth-order valence-corrected chi connectivity index (χ4v) is 2.47. The van der Waals surface area contributed by atoms with Crippen LogP contribution in [0.2, 0.25) is 0 Å². The first kappa shape index (κ1) is 11.6. The van der Waals surface area contributed by atoms with Crippen molar-refractivity contribution in [2.24, 2.45) is 7.05 Å². The van der Waals surface area contributed by atoms with Crippen LogP contribution in [0.5, 0.6) is 0 Å². The van der Waals surface area contributed by atoms with Gasteiger partial charge in [-0.25, -0.2) is 0 Å². The number of nitrogens with zero attached hydrogens (tertiary/aromatic N) is 2. The summed E-state index contributed by atoms with van der Waals surface area (Å²) in [6.45, 7) is 2.05. The molecular weight excluding hydrogens is 230 g/mol. The Balaban J connectivity index is 2.33. The third-order valence-electron chi connectivity index (χ3n) is 2.56. The minimum Gasteiger partial charge on any atom is -0.397 e. The van der Waals surface area contributed by atoms with Gasteiger partial charge in [0.2, 0.25) is 0 Å². The average Bonchev–Trinajstić information content (AvgIpc) is 2.59. The predicted molar refractivity (Wildman–Crippen MR) is 69.8 cm³/mol. The molecule has 0 saturated carbocycles. The van der Waals surface area contributed by atoms with Crippen LogP contribution in [0.4, 0.5) is 5.69 Å². The van der Waals surface area contributed by atoms with Crippen molar-refractivity contribution >= 4 is 17.4 Å². The minimum atomic E-state index is 0.581. The molecule has 17 heavy (non-hydrogen) atoms. The highest BCUT2D eigenvalue weighted by atomic mass is 32.2. The topological polar surface area (TPSA) is 54.7 Å². The summed E-state index contributed by atoms with van der Waals surface area (Å²) in [5.41, 5.74) is 8.36. The van der Waals surface area contributed by atoms with E-state index >= 15 is 0 Å². The van der Waals surface area contributed by atoms with Crippen LogP contribution in [0.15, 0.2) is 40.3 Å². The molecule has 0 atom stereocenters. The van der Waals surface area contributed by atoms with Gasteiger partial charge in [-0.1, -0.05) is 29.5 Å². The zero-order chi connectivity index (χ0) is 12.4. The van der Waals surface area contributed by atoms with Crippen molar-refractivity contribution in [2.45, 2.75) is 16.8 Å². The highest BCUT2D eigenvalue weighted by Crippen LogP contribution is 2.33. The lowest BCUT2D eigenvalue weighted by molar-refractivity contribution is 0.817. The molecule has 1 aromatic heterocycles. The predicted octanol–water partition coefficient (Wildman–Crippen LogP) is 2.94. The number of aryl methyl sites for hydroxylation is 1. The van der Waals surface area contributed by atoms with Crippen LogP contribution in [0.3, 0.4) is 0 Å². The van der Waals surface area contributed by atoms with Crippen LogP contribution in [-0.4, -0.2) is 4.57 Å². The Bertz CT molecular complexity index is 576. The fourth-order valence-electron chi connectivity index (χ4n) is 1.56. The molecule has 0 radical (unpaired) electrons. The molecule has 3 nitrogen and oxygen atoms in total. The summed E-state index contributed by atoms with van der Waals surface area (Å²) in [7, 11) is 1.85. The van der Waals surface area contributed by atoms with E-state index in [4.69, 9.17) is 11.0 Å². The van der Waals surface area contributed by atoms with E-state index in [1.165, 1.54) is 5.56 Å². The number of hydrogen-bond donors (Lipinski definition) is 1. The standard InChI is InChI=1S/C13H13N3S/c1-9-3-5-11(6-4-9)17-13-12(15)7-10(8-14)16(13)2/h3-7H,15H2,1-2H3. The minimum absolute atomic E-state index is 0.581.